The average molecular weight is 235 g/mol. The Morgan fingerprint density at radius 3 is 2.29 bits per heavy atom. The number of rotatable bonds is 3. The molecule has 0 amide bonds. The summed E-state index contributed by atoms with van der Waals surface area (Å²) in [6.45, 7) is 0. The zero-order valence-corrected chi connectivity index (χ0v) is 9.52. The first kappa shape index (κ1) is 11.1. The van der Waals surface area contributed by atoms with Crippen molar-refractivity contribution in [1.29, 1.82) is 0 Å². The van der Waals surface area contributed by atoms with Gasteiger partial charge in [-0.15, -0.1) is 5.10 Å². The minimum Gasteiger partial charge on any atom is -0.493 e. The third-order valence-corrected chi connectivity index (χ3v) is 2.31. The van der Waals surface area contributed by atoms with E-state index in [1.54, 1.807) is 26.4 Å². The number of H-pyrrole nitrogens is 1. The number of hydrogen-bond acceptors (Lipinski definition) is 6. The third-order valence-electron chi connectivity index (χ3n) is 2.31. The lowest BCUT2D eigenvalue weighted by Gasteiger charge is -2.10. The number of nitrogens with two attached hydrogens (primary N) is 2. The van der Waals surface area contributed by atoms with Gasteiger partial charge < -0.3 is 20.9 Å². The second kappa shape index (κ2) is 4.20. The topological polar surface area (TPSA) is 112 Å². The first-order chi connectivity index (χ1) is 8.15. The molecule has 0 unspecified atom stereocenters. The van der Waals surface area contributed by atoms with Gasteiger partial charge in [0.25, 0.3) is 0 Å². The highest BCUT2D eigenvalue weighted by Crippen LogP contribution is 2.35. The highest BCUT2D eigenvalue weighted by atomic mass is 16.5. The van der Waals surface area contributed by atoms with Crippen LogP contribution in [0.5, 0.6) is 11.5 Å². The van der Waals surface area contributed by atoms with Gasteiger partial charge >= 0.3 is 0 Å². The van der Waals surface area contributed by atoms with Crippen molar-refractivity contribution in [3.63, 3.8) is 0 Å². The van der Waals surface area contributed by atoms with Crippen molar-refractivity contribution in [3.05, 3.63) is 12.1 Å². The van der Waals surface area contributed by atoms with E-state index in [1.807, 2.05) is 0 Å². The molecule has 0 spiro atoms. The summed E-state index contributed by atoms with van der Waals surface area (Å²) >= 11 is 0. The molecule has 0 saturated heterocycles. The van der Waals surface area contributed by atoms with Gasteiger partial charge in [-0.2, -0.15) is 4.98 Å². The maximum Gasteiger partial charge on any atom is 0.239 e. The van der Waals surface area contributed by atoms with Gasteiger partial charge in [-0.05, 0) is 6.07 Å². The summed E-state index contributed by atoms with van der Waals surface area (Å²) < 4.78 is 10.3. The number of methoxy groups -OCH3 is 2. The number of aromatic amines is 1. The number of anilines is 2. The summed E-state index contributed by atoms with van der Waals surface area (Å²) in [5.74, 6) is 1.77. The van der Waals surface area contributed by atoms with Crippen molar-refractivity contribution in [2.45, 2.75) is 0 Å². The predicted octanol–water partition coefficient (Wildman–Crippen LogP) is 0.653. The number of ether oxygens (including phenoxy) is 2. The fourth-order valence-corrected chi connectivity index (χ4v) is 1.50. The van der Waals surface area contributed by atoms with Crippen LogP contribution in [0.4, 0.5) is 11.6 Å². The van der Waals surface area contributed by atoms with Gasteiger partial charge in [0, 0.05) is 17.3 Å². The quantitative estimate of drug-likeness (QED) is 0.673. The van der Waals surface area contributed by atoms with Crippen molar-refractivity contribution in [2.24, 2.45) is 0 Å². The molecule has 0 radical (unpaired) electrons. The van der Waals surface area contributed by atoms with E-state index < -0.39 is 0 Å². The van der Waals surface area contributed by atoms with Crippen molar-refractivity contribution >= 4 is 11.6 Å². The molecule has 2 rings (SSSR count). The number of hydrogen-bond donors (Lipinski definition) is 3. The molecule has 0 aliphatic rings. The Labute approximate surface area is 97.7 Å². The van der Waals surface area contributed by atoms with Gasteiger partial charge in [-0.1, -0.05) is 0 Å². The summed E-state index contributed by atoms with van der Waals surface area (Å²) in [4.78, 5) is 4.01. The lowest BCUT2D eigenvalue weighted by Crippen LogP contribution is -1.97. The van der Waals surface area contributed by atoms with Crippen LogP contribution in [0, 0.1) is 0 Å². The van der Waals surface area contributed by atoms with Crippen LogP contribution in [0.1, 0.15) is 0 Å². The molecule has 90 valence electrons. The standard InChI is InChI=1S/C10H13N5O2/c1-16-7-3-5(6(11)4-8(7)17-2)9-13-10(12)15-14-9/h3-4H,11H2,1-2H3,(H3,12,13,14,15). The fraction of sp³-hybridized carbons (Fsp3) is 0.200. The molecule has 5 N–H and O–H groups in total. The van der Waals surface area contributed by atoms with E-state index in [9.17, 15) is 0 Å². The van der Waals surface area contributed by atoms with Crippen LogP contribution in [0.25, 0.3) is 11.4 Å². The van der Waals surface area contributed by atoms with E-state index in [2.05, 4.69) is 15.2 Å². The smallest absolute Gasteiger partial charge is 0.239 e. The highest BCUT2D eigenvalue weighted by Gasteiger charge is 2.13. The minimum absolute atomic E-state index is 0.161. The van der Waals surface area contributed by atoms with Crippen molar-refractivity contribution in [3.8, 4) is 22.9 Å². The van der Waals surface area contributed by atoms with Gasteiger partial charge in [0.1, 0.15) is 0 Å². The highest BCUT2D eigenvalue weighted by molar-refractivity contribution is 5.76. The molecule has 1 aromatic carbocycles. The molecule has 0 aliphatic heterocycles. The average Bonchev–Trinajstić information content (AvgIpc) is 2.75. The molecule has 1 heterocycles. The van der Waals surface area contributed by atoms with Gasteiger partial charge in [-0.25, -0.2) is 0 Å². The molecular formula is C10H13N5O2. The predicted molar refractivity (Wildman–Crippen MR) is 63.7 cm³/mol. The third kappa shape index (κ3) is 1.94. The molecule has 17 heavy (non-hydrogen) atoms. The first-order valence-electron chi connectivity index (χ1n) is 4.85. The van der Waals surface area contributed by atoms with Crippen LogP contribution in [0.3, 0.4) is 0 Å². The van der Waals surface area contributed by atoms with E-state index in [0.717, 1.165) is 0 Å². The molecule has 1 aromatic heterocycles. The monoisotopic (exact) mass is 235 g/mol. The number of benzene rings is 1. The van der Waals surface area contributed by atoms with Crippen molar-refractivity contribution in [1.82, 2.24) is 15.2 Å². The summed E-state index contributed by atoms with van der Waals surface area (Å²) in [7, 11) is 3.09. The van der Waals surface area contributed by atoms with E-state index in [1.165, 1.54) is 0 Å². The number of nitrogens with zero attached hydrogens (tertiary/aromatic N) is 2. The van der Waals surface area contributed by atoms with Crippen LogP contribution in [0.2, 0.25) is 0 Å². The lowest BCUT2D eigenvalue weighted by atomic mass is 10.1. The largest absolute Gasteiger partial charge is 0.493 e. The maximum atomic E-state index is 5.90. The molecule has 0 fully saturated rings. The molecule has 0 bridgehead atoms. The minimum atomic E-state index is 0.161. The summed E-state index contributed by atoms with van der Waals surface area (Å²) in [5.41, 5.74) is 12.5. The van der Waals surface area contributed by atoms with Gasteiger partial charge in [0.05, 0.1) is 14.2 Å². The number of nitrogens with one attached hydrogen (secondary N) is 1. The second-order valence-corrected chi connectivity index (χ2v) is 3.34. The summed E-state index contributed by atoms with van der Waals surface area (Å²) in [5, 5.41) is 6.44. The van der Waals surface area contributed by atoms with Crippen LogP contribution in [-0.2, 0) is 0 Å². The lowest BCUT2D eigenvalue weighted by molar-refractivity contribution is 0.355. The Morgan fingerprint density at radius 2 is 1.76 bits per heavy atom. The Morgan fingerprint density at radius 1 is 1.12 bits per heavy atom. The van der Waals surface area contributed by atoms with Crippen molar-refractivity contribution in [2.75, 3.05) is 25.7 Å². The molecule has 7 nitrogen and oxygen atoms in total. The molecule has 2 aromatic rings. The molecule has 0 saturated carbocycles. The van der Waals surface area contributed by atoms with E-state index in [-0.39, 0.29) is 5.95 Å². The van der Waals surface area contributed by atoms with E-state index in [0.29, 0.717) is 28.6 Å². The number of nitrogen functional groups attached to an aromatic ring is 2. The summed E-state index contributed by atoms with van der Waals surface area (Å²) in [6.07, 6.45) is 0. The van der Waals surface area contributed by atoms with Crippen molar-refractivity contribution < 1.29 is 9.47 Å². The van der Waals surface area contributed by atoms with E-state index in [4.69, 9.17) is 20.9 Å². The Bertz CT molecular complexity index is 537. The Hall–Kier alpha value is -2.44. The number of aromatic nitrogens is 3. The van der Waals surface area contributed by atoms with Gasteiger partial charge in [-0.3, -0.25) is 5.10 Å². The normalized spacial score (nSPS) is 10.2. The van der Waals surface area contributed by atoms with E-state index >= 15 is 0 Å². The van der Waals surface area contributed by atoms with Gasteiger partial charge in [0.2, 0.25) is 5.95 Å². The molecule has 0 atom stereocenters. The fourth-order valence-electron chi connectivity index (χ4n) is 1.50. The molecule has 0 aliphatic carbocycles. The Balaban J connectivity index is 2.55. The maximum absolute atomic E-state index is 5.90. The van der Waals surface area contributed by atoms with Gasteiger partial charge in [0.15, 0.2) is 17.3 Å². The zero-order valence-electron chi connectivity index (χ0n) is 9.52. The Kier molecular flexibility index (Phi) is 2.73. The molecular weight excluding hydrogens is 222 g/mol. The van der Waals surface area contributed by atoms with Crippen LogP contribution < -0.4 is 20.9 Å². The van der Waals surface area contributed by atoms with Crippen LogP contribution in [0.15, 0.2) is 12.1 Å². The zero-order chi connectivity index (χ0) is 12.4. The SMILES string of the molecule is COc1cc(N)c(-c2nc(N)n[nH]2)cc1OC. The van der Waals surface area contributed by atoms with Crippen LogP contribution >= 0.6 is 0 Å². The first-order valence-corrected chi connectivity index (χ1v) is 4.85. The second-order valence-electron chi connectivity index (χ2n) is 3.34. The van der Waals surface area contributed by atoms with Crippen LogP contribution in [-0.4, -0.2) is 29.4 Å². The summed E-state index contributed by atoms with van der Waals surface area (Å²) in [6, 6.07) is 3.38. The molecule has 7 heteroatoms.